The fourth-order valence-electron chi connectivity index (χ4n) is 3.23. The number of carbonyl (C=O) groups is 1. The van der Waals surface area contributed by atoms with Gasteiger partial charge in [0, 0.05) is 11.1 Å². The summed E-state index contributed by atoms with van der Waals surface area (Å²) in [5, 5.41) is 11.5. The summed E-state index contributed by atoms with van der Waals surface area (Å²) in [6.45, 7) is 0. The molecule has 0 saturated carbocycles. The molecule has 3 aromatic carbocycles. The van der Waals surface area contributed by atoms with Crippen LogP contribution in [0, 0.1) is 0 Å². The number of benzene rings is 3. The van der Waals surface area contributed by atoms with E-state index in [0.29, 0.717) is 28.2 Å². The first-order chi connectivity index (χ1) is 13.1. The number of fused-ring (bicyclic) bond motifs is 1. The number of Topliss-reactive ketones (excluding diaryl/α,β-unsaturated/α-hetero) is 1. The van der Waals surface area contributed by atoms with Gasteiger partial charge in [0.05, 0.1) is 18.2 Å². The van der Waals surface area contributed by atoms with E-state index in [2.05, 4.69) is 0 Å². The van der Waals surface area contributed by atoms with E-state index in [1.54, 1.807) is 79.9 Å². The van der Waals surface area contributed by atoms with Crippen molar-refractivity contribution in [3.05, 3.63) is 101 Å². The standard InChI is InChI=1S/C23H18O4/c1-26-20-13-8-14-21-18(20)15-19(22(24)16-9-4-2-5-10-16)23(25,27-21)17-11-6-3-7-12-17/h2-15,25H,1H3. The number of carbonyl (C=O) groups excluding carboxylic acids is 1. The van der Waals surface area contributed by atoms with Crippen LogP contribution in [-0.4, -0.2) is 18.0 Å². The van der Waals surface area contributed by atoms with Crippen molar-refractivity contribution in [1.29, 1.82) is 0 Å². The van der Waals surface area contributed by atoms with E-state index in [4.69, 9.17) is 9.47 Å². The molecule has 0 aromatic heterocycles. The first-order valence-electron chi connectivity index (χ1n) is 8.59. The topological polar surface area (TPSA) is 55.8 Å². The predicted molar refractivity (Wildman–Crippen MR) is 103 cm³/mol. The Balaban J connectivity index is 1.93. The zero-order valence-electron chi connectivity index (χ0n) is 14.8. The normalized spacial score (nSPS) is 18.1. The second-order valence-electron chi connectivity index (χ2n) is 6.24. The highest BCUT2D eigenvalue weighted by Crippen LogP contribution is 2.44. The minimum atomic E-state index is -1.90. The van der Waals surface area contributed by atoms with E-state index >= 15 is 0 Å². The molecule has 0 radical (unpaired) electrons. The van der Waals surface area contributed by atoms with Gasteiger partial charge >= 0.3 is 0 Å². The SMILES string of the molecule is COc1cccc2c1C=C(C(=O)c1ccccc1)C(O)(c1ccccc1)O2. The fraction of sp³-hybridized carbons (Fsp3) is 0.0870. The lowest BCUT2D eigenvalue weighted by Gasteiger charge is -2.35. The number of aliphatic hydroxyl groups is 1. The maximum absolute atomic E-state index is 13.2. The first-order valence-corrected chi connectivity index (χ1v) is 8.59. The highest BCUT2D eigenvalue weighted by Gasteiger charge is 2.44. The molecule has 1 atom stereocenters. The molecule has 1 heterocycles. The Kier molecular flexibility index (Phi) is 4.26. The van der Waals surface area contributed by atoms with Crippen LogP contribution in [-0.2, 0) is 5.79 Å². The molecule has 4 heteroatoms. The van der Waals surface area contributed by atoms with Gasteiger partial charge in [-0.05, 0) is 18.2 Å². The highest BCUT2D eigenvalue weighted by molar-refractivity contribution is 6.13. The Morgan fingerprint density at radius 2 is 1.59 bits per heavy atom. The lowest BCUT2D eigenvalue weighted by atomic mass is 9.87. The summed E-state index contributed by atoms with van der Waals surface area (Å²) in [6.07, 6.45) is 1.65. The minimum Gasteiger partial charge on any atom is -0.496 e. The van der Waals surface area contributed by atoms with E-state index in [1.807, 2.05) is 12.1 Å². The predicted octanol–water partition coefficient (Wildman–Crippen LogP) is 4.20. The Bertz CT molecular complexity index is 1010. The van der Waals surface area contributed by atoms with Crippen molar-refractivity contribution in [1.82, 2.24) is 0 Å². The molecule has 4 nitrogen and oxygen atoms in total. The van der Waals surface area contributed by atoms with Gasteiger partial charge in [-0.3, -0.25) is 4.79 Å². The summed E-state index contributed by atoms with van der Waals surface area (Å²) in [7, 11) is 1.56. The third-order valence-electron chi connectivity index (χ3n) is 4.60. The minimum absolute atomic E-state index is 0.136. The molecule has 0 aliphatic carbocycles. The molecule has 134 valence electrons. The molecule has 3 aromatic rings. The molecule has 27 heavy (non-hydrogen) atoms. The van der Waals surface area contributed by atoms with Crippen molar-refractivity contribution in [3.63, 3.8) is 0 Å². The van der Waals surface area contributed by atoms with Crippen LogP contribution in [0.2, 0.25) is 0 Å². The van der Waals surface area contributed by atoms with Gasteiger partial charge in [-0.15, -0.1) is 0 Å². The van der Waals surface area contributed by atoms with Crippen molar-refractivity contribution >= 4 is 11.9 Å². The zero-order valence-corrected chi connectivity index (χ0v) is 14.8. The van der Waals surface area contributed by atoms with E-state index < -0.39 is 5.79 Å². The second kappa shape index (κ2) is 6.74. The largest absolute Gasteiger partial charge is 0.496 e. The Morgan fingerprint density at radius 3 is 2.26 bits per heavy atom. The molecule has 1 aliphatic heterocycles. The number of ether oxygens (including phenoxy) is 2. The van der Waals surface area contributed by atoms with E-state index in [-0.39, 0.29) is 11.4 Å². The van der Waals surface area contributed by atoms with Gasteiger partial charge in [0.15, 0.2) is 5.78 Å². The Morgan fingerprint density at radius 1 is 0.926 bits per heavy atom. The van der Waals surface area contributed by atoms with Gasteiger partial charge in [-0.1, -0.05) is 66.7 Å². The van der Waals surface area contributed by atoms with Crippen molar-refractivity contribution in [2.24, 2.45) is 0 Å². The summed E-state index contributed by atoms with van der Waals surface area (Å²) in [4.78, 5) is 13.2. The quantitative estimate of drug-likeness (QED) is 0.710. The van der Waals surface area contributed by atoms with Crippen molar-refractivity contribution in [2.45, 2.75) is 5.79 Å². The van der Waals surface area contributed by atoms with Gasteiger partial charge in [-0.25, -0.2) is 0 Å². The summed E-state index contributed by atoms with van der Waals surface area (Å²) in [5.41, 5.74) is 1.71. The molecule has 1 aliphatic rings. The number of hydrogen-bond acceptors (Lipinski definition) is 4. The smallest absolute Gasteiger partial charge is 0.265 e. The van der Waals surface area contributed by atoms with Crippen molar-refractivity contribution in [2.75, 3.05) is 7.11 Å². The summed E-state index contributed by atoms with van der Waals surface area (Å²) in [6, 6.07) is 23.0. The molecule has 0 bridgehead atoms. The van der Waals surface area contributed by atoms with Crippen molar-refractivity contribution < 1.29 is 19.4 Å². The van der Waals surface area contributed by atoms with Crippen molar-refractivity contribution in [3.8, 4) is 11.5 Å². The number of methoxy groups -OCH3 is 1. The summed E-state index contributed by atoms with van der Waals surface area (Å²) < 4.78 is 11.4. The monoisotopic (exact) mass is 358 g/mol. The molecule has 4 rings (SSSR count). The van der Waals surface area contributed by atoms with Crippen LogP contribution < -0.4 is 9.47 Å². The second-order valence-corrected chi connectivity index (χ2v) is 6.24. The lowest BCUT2D eigenvalue weighted by Crippen LogP contribution is -2.40. The Labute approximate surface area is 157 Å². The third-order valence-corrected chi connectivity index (χ3v) is 4.60. The van der Waals surface area contributed by atoms with Crippen LogP contribution in [0.15, 0.2) is 84.4 Å². The van der Waals surface area contributed by atoms with Gasteiger partial charge in [0.25, 0.3) is 5.79 Å². The fourth-order valence-corrected chi connectivity index (χ4v) is 3.23. The Hall–Kier alpha value is -3.37. The maximum atomic E-state index is 13.2. The average Bonchev–Trinajstić information content (AvgIpc) is 2.73. The molecule has 0 amide bonds. The van der Waals surface area contributed by atoms with Crippen LogP contribution >= 0.6 is 0 Å². The molecule has 1 unspecified atom stereocenters. The van der Waals surface area contributed by atoms with Crippen LogP contribution in [0.5, 0.6) is 11.5 Å². The number of ketones is 1. The lowest BCUT2D eigenvalue weighted by molar-refractivity contribution is -0.111. The highest BCUT2D eigenvalue weighted by atomic mass is 16.6. The maximum Gasteiger partial charge on any atom is 0.265 e. The zero-order chi connectivity index (χ0) is 18.9. The molecule has 0 fully saturated rings. The number of hydrogen-bond donors (Lipinski definition) is 1. The van der Waals surface area contributed by atoms with Gasteiger partial charge < -0.3 is 14.6 Å². The van der Waals surface area contributed by atoms with Gasteiger partial charge in [-0.2, -0.15) is 0 Å². The molecule has 0 saturated heterocycles. The summed E-state index contributed by atoms with van der Waals surface area (Å²) in [5.74, 6) is -1.18. The molecule has 1 N–H and O–H groups in total. The van der Waals surface area contributed by atoms with E-state index in [1.165, 1.54) is 0 Å². The molecular weight excluding hydrogens is 340 g/mol. The van der Waals surface area contributed by atoms with Crippen LogP contribution in [0.1, 0.15) is 21.5 Å². The van der Waals surface area contributed by atoms with E-state index in [0.717, 1.165) is 0 Å². The van der Waals surface area contributed by atoms with Crippen LogP contribution in [0.25, 0.3) is 6.08 Å². The number of rotatable bonds is 4. The molecular formula is C23H18O4. The molecule has 0 spiro atoms. The van der Waals surface area contributed by atoms with Gasteiger partial charge in [0.2, 0.25) is 0 Å². The van der Waals surface area contributed by atoms with Gasteiger partial charge in [0.1, 0.15) is 11.5 Å². The van der Waals surface area contributed by atoms with Crippen LogP contribution in [0.4, 0.5) is 0 Å². The third kappa shape index (κ3) is 2.90. The summed E-state index contributed by atoms with van der Waals surface area (Å²) >= 11 is 0. The first kappa shape index (κ1) is 17.1. The average molecular weight is 358 g/mol. The van der Waals surface area contributed by atoms with Crippen LogP contribution in [0.3, 0.4) is 0 Å². The van der Waals surface area contributed by atoms with E-state index in [9.17, 15) is 9.90 Å².